The highest BCUT2D eigenvalue weighted by Gasteiger charge is 2.29. The quantitative estimate of drug-likeness (QED) is 0.595. The van der Waals surface area contributed by atoms with Gasteiger partial charge in [0.2, 0.25) is 0 Å². The highest BCUT2D eigenvalue weighted by atomic mass is 16.5. The molecule has 0 aromatic rings. The first-order valence-corrected chi connectivity index (χ1v) is 3.96. The third-order valence-corrected chi connectivity index (χ3v) is 2.08. The van der Waals surface area contributed by atoms with E-state index in [0.29, 0.717) is 6.61 Å². The van der Waals surface area contributed by atoms with Crippen molar-refractivity contribution in [3.8, 4) is 0 Å². The molecule has 3 nitrogen and oxygen atoms in total. The molecule has 1 aliphatic rings. The smallest absolute Gasteiger partial charge is 0.302 e. The van der Waals surface area contributed by atoms with Gasteiger partial charge in [-0.25, -0.2) is 0 Å². The standard InChI is InChI=1S/C8H15NO2/c1-7(10)11-6-8(2)3-4-9-5-8/h9H,3-6H2,1-2H3. The predicted octanol–water partition coefficient (Wildman–Crippen LogP) is 0.549. The van der Waals surface area contributed by atoms with Gasteiger partial charge in [0.05, 0.1) is 6.61 Å². The normalized spacial score (nSPS) is 30.4. The Labute approximate surface area is 67.1 Å². The minimum atomic E-state index is -0.182. The number of esters is 1. The van der Waals surface area contributed by atoms with E-state index < -0.39 is 0 Å². The van der Waals surface area contributed by atoms with E-state index >= 15 is 0 Å². The predicted molar refractivity (Wildman–Crippen MR) is 42.2 cm³/mol. The molecular formula is C8H15NO2. The molecule has 1 atom stereocenters. The van der Waals surface area contributed by atoms with Crippen molar-refractivity contribution in [2.75, 3.05) is 19.7 Å². The molecule has 1 unspecified atom stereocenters. The van der Waals surface area contributed by atoms with E-state index in [1.54, 1.807) is 0 Å². The lowest BCUT2D eigenvalue weighted by Gasteiger charge is -2.21. The largest absolute Gasteiger partial charge is 0.465 e. The molecule has 0 saturated carbocycles. The number of carbonyl (C=O) groups excluding carboxylic acids is 1. The first-order valence-electron chi connectivity index (χ1n) is 3.96. The van der Waals surface area contributed by atoms with Gasteiger partial charge in [-0.1, -0.05) is 6.92 Å². The maximum absolute atomic E-state index is 10.5. The number of rotatable bonds is 2. The molecule has 0 amide bonds. The third-order valence-electron chi connectivity index (χ3n) is 2.08. The molecule has 1 rings (SSSR count). The van der Waals surface area contributed by atoms with Gasteiger partial charge in [-0.05, 0) is 13.0 Å². The number of hydrogen-bond donors (Lipinski definition) is 1. The number of nitrogens with one attached hydrogen (secondary N) is 1. The Bertz CT molecular complexity index is 150. The van der Waals surface area contributed by atoms with Crippen molar-refractivity contribution in [3.05, 3.63) is 0 Å². The van der Waals surface area contributed by atoms with Crippen LogP contribution in [0, 0.1) is 5.41 Å². The van der Waals surface area contributed by atoms with Crippen LogP contribution in [0.2, 0.25) is 0 Å². The van der Waals surface area contributed by atoms with Crippen LogP contribution in [-0.2, 0) is 9.53 Å². The van der Waals surface area contributed by atoms with Crippen LogP contribution in [-0.4, -0.2) is 25.7 Å². The van der Waals surface area contributed by atoms with Crippen LogP contribution in [0.1, 0.15) is 20.3 Å². The monoisotopic (exact) mass is 157 g/mol. The zero-order valence-electron chi connectivity index (χ0n) is 7.14. The molecule has 64 valence electrons. The summed E-state index contributed by atoms with van der Waals surface area (Å²) < 4.78 is 4.95. The van der Waals surface area contributed by atoms with Crippen molar-refractivity contribution in [2.45, 2.75) is 20.3 Å². The van der Waals surface area contributed by atoms with Gasteiger partial charge in [-0.3, -0.25) is 4.79 Å². The summed E-state index contributed by atoms with van der Waals surface area (Å²) in [6.07, 6.45) is 1.10. The maximum Gasteiger partial charge on any atom is 0.302 e. The molecule has 0 bridgehead atoms. The van der Waals surface area contributed by atoms with Crippen LogP contribution < -0.4 is 5.32 Å². The topological polar surface area (TPSA) is 38.3 Å². The lowest BCUT2D eigenvalue weighted by molar-refractivity contribution is -0.143. The molecule has 0 aliphatic carbocycles. The van der Waals surface area contributed by atoms with Gasteiger partial charge in [0, 0.05) is 18.9 Å². The Morgan fingerprint density at radius 2 is 2.45 bits per heavy atom. The number of carbonyl (C=O) groups is 1. The third kappa shape index (κ3) is 2.50. The molecule has 11 heavy (non-hydrogen) atoms. The molecule has 1 N–H and O–H groups in total. The van der Waals surface area contributed by atoms with Gasteiger partial charge >= 0.3 is 5.97 Å². The van der Waals surface area contributed by atoms with E-state index in [1.165, 1.54) is 6.92 Å². The van der Waals surface area contributed by atoms with Gasteiger partial charge in [-0.15, -0.1) is 0 Å². The van der Waals surface area contributed by atoms with Crippen molar-refractivity contribution in [1.29, 1.82) is 0 Å². The van der Waals surface area contributed by atoms with E-state index in [9.17, 15) is 4.79 Å². The maximum atomic E-state index is 10.5. The van der Waals surface area contributed by atoms with E-state index in [0.717, 1.165) is 19.5 Å². The van der Waals surface area contributed by atoms with Gasteiger partial charge in [0.1, 0.15) is 0 Å². The summed E-state index contributed by atoms with van der Waals surface area (Å²) in [5.41, 5.74) is 0.172. The average Bonchev–Trinajstić information content (AvgIpc) is 2.33. The highest BCUT2D eigenvalue weighted by Crippen LogP contribution is 2.24. The molecule has 1 heterocycles. The molecule has 1 fully saturated rings. The SMILES string of the molecule is CC(=O)OCC1(C)CCNC1. The molecular weight excluding hydrogens is 142 g/mol. The zero-order chi connectivity index (χ0) is 8.32. The molecule has 0 aromatic heterocycles. The van der Waals surface area contributed by atoms with Crippen LogP contribution in [0.4, 0.5) is 0 Å². The van der Waals surface area contributed by atoms with Crippen LogP contribution in [0.3, 0.4) is 0 Å². The van der Waals surface area contributed by atoms with E-state index in [1.807, 2.05) is 0 Å². The van der Waals surface area contributed by atoms with Crippen molar-refractivity contribution in [2.24, 2.45) is 5.41 Å². The summed E-state index contributed by atoms with van der Waals surface area (Å²) in [5.74, 6) is -0.182. The first-order chi connectivity index (χ1) is 5.12. The summed E-state index contributed by atoms with van der Waals surface area (Å²) in [5, 5.41) is 3.25. The molecule has 1 aliphatic heterocycles. The second-order valence-corrected chi connectivity index (χ2v) is 3.52. The zero-order valence-corrected chi connectivity index (χ0v) is 7.14. The fourth-order valence-electron chi connectivity index (χ4n) is 1.27. The first kappa shape index (κ1) is 8.53. The Kier molecular flexibility index (Phi) is 2.49. The Balaban J connectivity index is 2.28. The van der Waals surface area contributed by atoms with Crippen LogP contribution >= 0.6 is 0 Å². The summed E-state index contributed by atoms with van der Waals surface area (Å²) in [6.45, 7) is 6.13. The van der Waals surface area contributed by atoms with Crippen LogP contribution in [0.25, 0.3) is 0 Å². The van der Waals surface area contributed by atoms with E-state index in [-0.39, 0.29) is 11.4 Å². The van der Waals surface area contributed by atoms with Gasteiger partial charge in [-0.2, -0.15) is 0 Å². The van der Waals surface area contributed by atoms with Crippen molar-refractivity contribution in [3.63, 3.8) is 0 Å². The summed E-state index contributed by atoms with van der Waals surface area (Å²) in [6, 6.07) is 0. The van der Waals surface area contributed by atoms with Gasteiger partial charge in [0.25, 0.3) is 0 Å². The molecule has 1 saturated heterocycles. The molecule has 3 heteroatoms. The minimum Gasteiger partial charge on any atom is -0.465 e. The second-order valence-electron chi connectivity index (χ2n) is 3.52. The fourth-order valence-corrected chi connectivity index (χ4v) is 1.27. The van der Waals surface area contributed by atoms with Crippen LogP contribution in [0.15, 0.2) is 0 Å². The average molecular weight is 157 g/mol. The van der Waals surface area contributed by atoms with Gasteiger partial charge in [0.15, 0.2) is 0 Å². The number of hydrogen-bond acceptors (Lipinski definition) is 3. The van der Waals surface area contributed by atoms with Gasteiger partial charge < -0.3 is 10.1 Å². The Morgan fingerprint density at radius 1 is 1.73 bits per heavy atom. The fraction of sp³-hybridized carbons (Fsp3) is 0.875. The lowest BCUT2D eigenvalue weighted by atomic mass is 9.91. The minimum absolute atomic E-state index is 0.172. The summed E-state index contributed by atoms with van der Waals surface area (Å²) in [7, 11) is 0. The molecule has 0 aromatic carbocycles. The Hall–Kier alpha value is -0.570. The summed E-state index contributed by atoms with van der Waals surface area (Å²) >= 11 is 0. The van der Waals surface area contributed by atoms with Crippen molar-refractivity contribution < 1.29 is 9.53 Å². The van der Waals surface area contributed by atoms with Crippen molar-refractivity contribution in [1.82, 2.24) is 5.32 Å². The number of ether oxygens (including phenoxy) is 1. The molecule has 0 radical (unpaired) electrons. The van der Waals surface area contributed by atoms with Crippen molar-refractivity contribution >= 4 is 5.97 Å². The van der Waals surface area contributed by atoms with Crippen LogP contribution in [0.5, 0.6) is 0 Å². The lowest BCUT2D eigenvalue weighted by Crippen LogP contribution is -2.26. The highest BCUT2D eigenvalue weighted by molar-refractivity contribution is 5.65. The van der Waals surface area contributed by atoms with E-state index in [2.05, 4.69) is 12.2 Å². The Morgan fingerprint density at radius 3 is 2.91 bits per heavy atom. The summed E-state index contributed by atoms with van der Waals surface area (Å²) in [4.78, 5) is 10.5. The second kappa shape index (κ2) is 3.22. The molecule has 0 spiro atoms. The van der Waals surface area contributed by atoms with E-state index in [4.69, 9.17) is 4.74 Å².